The minimum atomic E-state index is -0.620. The lowest BCUT2D eigenvalue weighted by atomic mass is 10.1. The van der Waals surface area contributed by atoms with Crippen LogP contribution >= 0.6 is 11.8 Å². The van der Waals surface area contributed by atoms with Crippen LogP contribution in [0.1, 0.15) is 23.2 Å². The molecular weight excluding hydrogens is 268 g/mol. The maximum atomic E-state index is 12.1. The van der Waals surface area contributed by atoms with E-state index in [1.54, 1.807) is 0 Å². The van der Waals surface area contributed by atoms with E-state index in [2.05, 4.69) is 5.32 Å². The van der Waals surface area contributed by atoms with Gasteiger partial charge in [-0.1, -0.05) is 0 Å². The van der Waals surface area contributed by atoms with Crippen LogP contribution < -0.4 is 5.32 Å². The van der Waals surface area contributed by atoms with Crippen molar-refractivity contribution in [1.82, 2.24) is 5.32 Å². The first kappa shape index (κ1) is 13.7. The highest BCUT2D eigenvalue weighted by atomic mass is 32.2. The van der Waals surface area contributed by atoms with Crippen LogP contribution in [0.5, 0.6) is 5.75 Å². The van der Waals surface area contributed by atoms with Gasteiger partial charge >= 0.3 is 0 Å². The zero-order valence-corrected chi connectivity index (χ0v) is 11.0. The molecule has 6 nitrogen and oxygen atoms in total. The molecule has 1 aliphatic rings. The van der Waals surface area contributed by atoms with Gasteiger partial charge in [0.1, 0.15) is 11.3 Å². The second-order valence-electron chi connectivity index (χ2n) is 4.32. The number of rotatable bonds is 3. The molecule has 0 atom stereocenters. The summed E-state index contributed by atoms with van der Waals surface area (Å²) < 4.78 is 0. The molecule has 0 unspecified atom stereocenters. The van der Waals surface area contributed by atoms with E-state index in [9.17, 15) is 20.0 Å². The predicted molar refractivity (Wildman–Crippen MR) is 72.6 cm³/mol. The number of nitro groups is 1. The number of hydrogen-bond donors (Lipinski definition) is 2. The van der Waals surface area contributed by atoms with Gasteiger partial charge in [-0.25, -0.2) is 0 Å². The molecule has 1 aromatic rings. The summed E-state index contributed by atoms with van der Waals surface area (Å²) in [4.78, 5) is 22.3. The van der Waals surface area contributed by atoms with E-state index in [1.165, 1.54) is 6.07 Å². The normalized spacial score (nSPS) is 16.0. The third kappa shape index (κ3) is 3.37. The number of aromatic hydroxyl groups is 1. The molecule has 0 aliphatic carbocycles. The van der Waals surface area contributed by atoms with Gasteiger partial charge in [0, 0.05) is 12.1 Å². The number of nitrogens with one attached hydrogen (secondary N) is 1. The molecule has 0 aromatic heterocycles. The Morgan fingerprint density at radius 3 is 2.74 bits per heavy atom. The lowest BCUT2D eigenvalue weighted by molar-refractivity contribution is -0.385. The van der Waals surface area contributed by atoms with E-state index in [-0.39, 0.29) is 23.0 Å². The highest BCUT2D eigenvalue weighted by molar-refractivity contribution is 7.99. The molecule has 1 fully saturated rings. The molecule has 102 valence electrons. The van der Waals surface area contributed by atoms with Gasteiger partial charge in [-0.05, 0) is 36.5 Å². The van der Waals surface area contributed by atoms with Gasteiger partial charge in [0.15, 0.2) is 0 Å². The Morgan fingerprint density at radius 1 is 1.42 bits per heavy atom. The molecular formula is C12H14N2O4S. The number of phenolic OH excluding ortho intramolecular Hbond substituents is 1. The topological polar surface area (TPSA) is 92.5 Å². The third-order valence-electron chi connectivity index (χ3n) is 2.98. The largest absolute Gasteiger partial charge is 0.508 e. The van der Waals surface area contributed by atoms with E-state index in [0.717, 1.165) is 36.5 Å². The number of benzene rings is 1. The Kier molecular flexibility index (Phi) is 4.26. The average Bonchev–Trinajstić information content (AvgIpc) is 2.39. The fourth-order valence-electron chi connectivity index (χ4n) is 1.97. The second kappa shape index (κ2) is 5.92. The summed E-state index contributed by atoms with van der Waals surface area (Å²) in [6.07, 6.45) is 1.73. The van der Waals surface area contributed by atoms with Crippen molar-refractivity contribution in [3.8, 4) is 5.75 Å². The molecule has 1 saturated heterocycles. The summed E-state index contributed by atoms with van der Waals surface area (Å²) in [7, 11) is 0. The van der Waals surface area contributed by atoms with Crippen molar-refractivity contribution >= 4 is 23.4 Å². The van der Waals surface area contributed by atoms with Crippen LogP contribution in [0.3, 0.4) is 0 Å². The number of hydrogen-bond acceptors (Lipinski definition) is 5. The van der Waals surface area contributed by atoms with Crippen molar-refractivity contribution < 1.29 is 14.8 Å². The third-order valence-corrected chi connectivity index (χ3v) is 4.03. The van der Waals surface area contributed by atoms with Gasteiger partial charge in [-0.15, -0.1) is 0 Å². The van der Waals surface area contributed by atoms with Crippen LogP contribution in [-0.2, 0) is 0 Å². The van der Waals surface area contributed by atoms with E-state index in [1.807, 2.05) is 11.8 Å². The number of phenols is 1. The van der Waals surface area contributed by atoms with Crippen molar-refractivity contribution in [2.24, 2.45) is 0 Å². The van der Waals surface area contributed by atoms with E-state index < -0.39 is 10.8 Å². The molecule has 7 heteroatoms. The predicted octanol–water partition coefficient (Wildman–Crippen LogP) is 1.93. The zero-order chi connectivity index (χ0) is 13.8. The number of nitro benzene ring substituents is 1. The van der Waals surface area contributed by atoms with Crippen LogP contribution in [0.25, 0.3) is 0 Å². The van der Waals surface area contributed by atoms with E-state index >= 15 is 0 Å². The molecule has 1 heterocycles. The molecule has 1 amide bonds. The Labute approximate surface area is 114 Å². The Hall–Kier alpha value is -1.76. The molecule has 2 rings (SSSR count). The zero-order valence-electron chi connectivity index (χ0n) is 10.2. The minimum Gasteiger partial charge on any atom is -0.508 e. The number of carbonyl (C=O) groups is 1. The Balaban J connectivity index is 2.17. The summed E-state index contributed by atoms with van der Waals surface area (Å²) in [5.74, 6) is 1.30. The van der Waals surface area contributed by atoms with Gasteiger partial charge in [-0.3, -0.25) is 14.9 Å². The monoisotopic (exact) mass is 282 g/mol. The van der Waals surface area contributed by atoms with Gasteiger partial charge in [0.2, 0.25) is 0 Å². The molecule has 1 aliphatic heterocycles. The number of thioether (sulfide) groups is 1. The van der Waals surface area contributed by atoms with Crippen molar-refractivity contribution in [3.63, 3.8) is 0 Å². The fraction of sp³-hybridized carbons (Fsp3) is 0.417. The quantitative estimate of drug-likeness (QED) is 0.652. The lowest BCUT2D eigenvalue weighted by Gasteiger charge is -2.22. The fourth-order valence-corrected chi connectivity index (χ4v) is 3.08. The SMILES string of the molecule is O=C(NC1CCSCC1)c1cc(O)ccc1[N+](=O)[O-]. The van der Waals surface area contributed by atoms with Crippen LogP contribution in [0.15, 0.2) is 18.2 Å². The standard InChI is InChI=1S/C12H14N2O4S/c15-9-1-2-11(14(17)18)10(7-9)12(16)13-8-3-5-19-6-4-8/h1-2,7-8,15H,3-6H2,(H,13,16). The molecule has 1 aromatic carbocycles. The first-order chi connectivity index (χ1) is 9.08. The minimum absolute atomic E-state index is 0.0516. The number of carbonyl (C=O) groups excluding carboxylic acids is 1. The first-order valence-electron chi connectivity index (χ1n) is 5.94. The lowest BCUT2D eigenvalue weighted by Crippen LogP contribution is -2.37. The van der Waals surface area contributed by atoms with Crippen LogP contribution in [-0.4, -0.2) is 33.5 Å². The van der Waals surface area contributed by atoms with Crippen molar-refractivity contribution in [3.05, 3.63) is 33.9 Å². The molecule has 19 heavy (non-hydrogen) atoms. The first-order valence-corrected chi connectivity index (χ1v) is 7.09. The Bertz CT molecular complexity index is 501. The maximum absolute atomic E-state index is 12.1. The number of nitrogens with zero attached hydrogens (tertiary/aromatic N) is 1. The smallest absolute Gasteiger partial charge is 0.282 e. The summed E-state index contributed by atoms with van der Waals surface area (Å²) >= 11 is 1.83. The maximum Gasteiger partial charge on any atom is 0.282 e. The highest BCUT2D eigenvalue weighted by Crippen LogP contribution is 2.24. The van der Waals surface area contributed by atoms with Crippen LogP contribution in [0.2, 0.25) is 0 Å². The summed E-state index contributed by atoms with van der Waals surface area (Å²) in [5.41, 5.74) is -0.385. The molecule has 2 N–H and O–H groups in total. The van der Waals surface area contributed by atoms with Gasteiger partial charge in [0.05, 0.1) is 4.92 Å². The molecule has 0 radical (unpaired) electrons. The molecule has 0 saturated carbocycles. The van der Waals surface area contributed by atoms with Gasteiger partial charge in [0.25, 0.3) is 11.6 Å². The number of amides is 1. The summed E-state index contributed by atoms with van der Waals surface area (Å²) in [6.45, 7) is 0. The van der Waals surface area contributed by atoms with Crippen LogP contribution in [0, 0.1) is 10.1 Å². The summed E-state index contributed by atoms with van der Waals surface area (Å²) in [5, 5.41) is 23.0. The van der Waals surface area contributed by atoms with E-state index in [4.69, 9.17) is 0 Å². The summed E-state index contributed by atoms with van der Waals surface area (Å²) in [6, 6.07) is 3.52. The van der Waals surface area contributed by atoms with Gasteiger partial charge in [-0.2, -0.15) is 11.8 Å². The van der Waals surface area contributed by atoms with Crippen molar-refractivity contribution in [1.29, 1.82) is 0 Å². The van der Waals surface area contributed by atoms with Crippen LogP contribution in [0.4, 0.5) is 5.69 Å². The Morgan fingerprint density at radius 2 is 2.11 bits per heavy atom. The van der Waals surface area contributed by atoms with E-state index in [0.29, 0.717) is 0 Å². The second-order valence-corrected chi connectivity index (χ2v) is 5.54. The average molecular weight is 282 g/mol. The highest BCUT2D eigenvalue weighted by Gasteiger charge is 2.23. The van der Waals surface area contributed by atoms with Gasteiger partial charge < -0.3 is 10.4 Å². The van der Waals surface area contributed by atoms with Crippen molar-refractivity contribution in [2.75, 3.05) is 11.5 Å². The van der Waals surface area contributed by atoms with Crippen molar-refractivity contribution in [2.45, 2.75) is 18.9 Å². The molecule has 0 bridgehead atoms. The molecule has 0 spiro atoms.